The van der Waals surface area contributed by atoms with E-state index in [0.717, 1.165) is 45.2 Å². The van der Waals surface area contributed by atoms with Crippen molar-refractivity contribution in [2.24, 2.45) is 0 Å². The second kappa shape index (κ2) is 9.85. The molecule has 204 valence electrons. The van der Waals surface area contributed by atoms with E-state index in [9.17, 15) is 0 Å². The lowest BCUT2D eigenvalue weighted by atomic mass is 9.82. The first-order chi connectivity index (χ1) is 21.1. The average Bonchev–Trinajstić information content (AvgIpc) is 3.32. The van der Waals surface area contributed by atoms with Crippen LogP contribution in [0, 0.1) is 0 Å². The predicted molar refractivity (Wildman–Crippen MR) is 177 cm³/mol. The van der Waals surface area contributed by atoms with Gasteiger partial charge in [-0.1, -0.05) is 129 Å². The first-order valence-corrected chi connectivity index (χ1v) is 14.7. The number of pyridine rings is 1. The van der Waals surface area contributed by atoms with Gasteiger partial charge >= 0.3 is 0 Å². The number of hydrogen-bond acceptors (Lipinski definition) is 3. The molecule has 2 aromatic heterocycles. The van der Waals surface area contributed by atoms with Gasteiger partial charge in [-0.05, 0) is 51.2 Å². The van der Waals surface area contributed by atoms with Gasteiger partial charge in [-0.3, -0.25) is 4.98 Å². The lowest BCUT2D eigenvalue weighted by Gasteiger charge is -2.21. The van der Waals surface area contributed by atoms with Crippen LogP contribution in [0.15, 0.2) is 140 Å². The summed E-state index contributed by atoms with van der Waals surface area (Å²) in [4.78, 5) is 14.8. The standard InChI is InChI=1S/C40H29N3/c1-40(2)32-16-10-15-31(38(32)37-30-14-7-6-11-26(30)22-23-33(37)40)36-25-35(42-39(43-36)29-12-4-3-5-13-29)28-20-18-27(19-21-28)34-17-8-9-24-41-34/h3-25H,1-2H3. The van der Waals surface area contributed by atoms with Crippen molar-refractivity contribution in [1.29, 1.82) is 0 Å². The Labute approximate surface area is 251 Å². The number of nitrogens with zero attached hydrogens (tertiary/aromatic N) is 3. The van der Waals surface area contributed by atoms with Gasteiger partial charge in [-0.25, -0.2) is 9.97 Å². The van der Waals surface area contributed by atoms with Crippen molar-refractivity contribution >= 4 is 10.8 Å². The molecule has 5 aromatic carbocycles. The zero-order valence-electron chi connectivity index (χ0n) is 24.1. The van der Waals surface area contributed by atoms with Crippen molar-refractivity contribution < 1.29 is 0 Å². The molecule has 0 spiro atoms. The van der Waals surface area contributed by atoms with Gasteiger partial charge in [0.25, 0.3) is 0 Å². The maximum absolute atomic E-state index is 5.22. The minimum Gasteiger partial charge on any atom is -0.256 e. The third-order valence-corrected chi connectivity index (χ3v) is 8.77. The Morgan fingerprint density at radius 1 is 0.488 bits per heavy atom. The second-order valence-electron chi connectivity index (χ2n) is 11.7. The predicted octanol–water partition coefficient (Wildman–Crippen LogP) is 10.00. The Morgan fingerprint density at radius 3 is 1.98 bits per heavy atom. The molecule has 3 heteroatoms. The molecule has 8 rings (SSSR count). The van der Waals surface area contributed by atoms with Gasteiger partial charge in [-0.2, -0.15) is 0 Å². The monoisotopic (exact) mass is 551 g/mol. The summed E-state index contributed by atoms with van der Waals surface area (Å²) in [6, 6.07) is 46.8. The summed E-state index contributed by atoms with van der Waals surface area (Å²) >= 11 is 0. The van der Waals surface area contributed by atoms with Gasteiger partial charge in [0.2, 0.25) is 0 Å². The highest BCUT2D eigenvalue weighted by molar-refractivity contribution is 6.06. The Kier molecular flexibility index (Phi) is 5.80. The molecule has 0 atom stereocenters. The third kappa shape index (κ3) is 4.16. The van der Waals surface area contributed by atoms with Gasteiger partial charge in [0.15, 0.2) is 5.82 Å². The van der Waals surface area contributed by atoms with Crippen LogP contribution in [-0.2, 0) is 5.41 Å². The summed E-state index contributed by atoms with van der Waals surface area (Å²) in [6.45, 7) is 4.67. The summed E-state index contributed by atoms with van der Waals surface area (Å²) in [5.74, 6) is 0.718. The zero-order valence-corrected chi connectivity index (χ0v) is 24.1. The molecule has 2 heterocycles. The summed E-state index contributed by atoms with van der Waals surface area (Å²) in [5.41, 5.74) is 12.2. The smallest absolute Gasteiger partial charge is 0.160 e. The van der Waals surface area contributed by atoms with E-state index < -0.39 is 0 Å². The van der Waals surface area contributed by atoms with E-state index in [1.54, 1.807) is 0 Å². The Hall–Kier alpha value is -5.41. The topological polar surface area (TPSA) is 38.7 Å². The van der Waals surface area contributed by atoms with E-state index in [1.807, 2.05) is 42.6 Å². The van der Waals surface area contributed by atoms with Gasteiger partial charge in [0.05, 0.1) is 17.1 Å². The quantitative estimate of drug-likeness (QED) is 0.218. The molecule has 0 saturated carbocycles. The molecule has 1 aliphatic carbocycles. The molecule has 0 saturated heterocycles. The normalized spacial score (nSPS) is 13.1. The number of fused-ring (bicyclic) bond motifs is 5. The summed E-state index contributed by atoms with van der Waals surface area (Å²) in [6.07, 6.45) is 1.83. The van der Waals surface area contributed by atoms with Crippen molar-refractivity contribution in [2.45, 2.75) is 19.3 Å². The number of benzene rings is 5. The lowest BCUT2D eigenvalue weighted by molar-refractivity contribution is 0.661. The first-order valence-electron chi connectivity index (χ1n) is 14.7. The van der Waals surface area contributed by atoms with E-state index >= 15 is 0 Å². The molecule has 1 aliphatic rings. The van der Waals surface area contributed by atoms with E-state index in [0.29, 0.717) is 0 Å². The van der Waals surface area contributed by atoms with E-state index in [1.165, 1.54) is 33.0 Å². The second-order valence-corrected chi connectivity index (χ2v) is 11.7. The van der Waals surface area contributed by atoms with Crippen LogP contribution >= 0.6 is 0 Å². The highest BCUT2D eigenvalue weighted by atomic mass is 14.9. The SMILES string of the molecule is CC1(C)c2cccc(-c3cc(-c4ccc(-c5ccccn5)cc4)nc(-c4ccccc4)n3)c2-c2c1ccc1ccccc21. The van der Waals surface area contributed by atoms with Crippen molar-refractivity contribution in [3.63, 3.8) is 0 Å². The van der Waals surface area contributed by atoms with Crippen LogP contribution in [0.4, 0.5) is 0 Å². The summed E-state index contributed by atoms with van der Waals surface area (Å²) in [5, 5.41) is 2.53. The van der Waals surface area contributed by atoms with Crippen molar-refractivity contribution in [1.82, 2.24) is 15.0 Å². The van der Waals surface area contributed by atoms with Crippen LogP contribution in [0.3, 0.4) is 0 Å². The first kappa shape index (κ1) is 25.3. The van der Waals surface area contributed by atoms with Crippen LogP contribution in [0.2, 0.25) is 0 Å². The van der Waals surface area contributed by atoms with Gasteiger partial charge < -0.3 is 0 Å². The van der Waals surface area contributed by atoms with Crippen molar-refractivity contribution in [2.75, 3.05) is 0 Å². The molecular weight excluding hydrogens is 522 g/mol. The highest BCUT2D eigenvalue weighted by Gasteiger charge is 2.38. The van der Waals surface area contributed by atoms with Crippen LogP contribution in [0.5, 0.6) is 0 Å². The molecule has 0 bridgehead atoms. The molecule has 0 fully saturated rings. The number of rotatable bonds is 4. The third-order valence-electron chi connectivity index (χ3n) is 8.77. The number of hydrogen-bond donors (Lipinski definition) is 0. The fraction of sp³-hybridized carbons (Fsp3) is 0.0750. The van der Waals surface area contributed by atoms with Crippen LogP contribution in [0.1, 0.15) is 25.0 Å². The largest absolute Gasteiger partial charge is 0.256 e. The highest BCUT2D eigenvalue weighted by Crippen LogP contribution is 2.54. The number of aromatic nitrogens is 3. The Bertz CT molecular complexity index is 2130. The molecule has 0 aliphatic heterocycles. The fourth-order valence-corrected chi connectivity index (χ4v) is 6.56. The minimum absolute atomic E-state index is 0.121. The Balaban J connectivity index is 1.35. The molecule has 43 heavy (non-hydrogen) atoms. The fourth-order valence-electron chi connectivity index (χ4n) is 6.56. The Morgan fingerprint density at radius 2 is 1.19 bits per heavy atom. The molecule has 7 aromatic rings. The maximum atomic E-state index is 5.22. The minimum atomic E-state index is -0.121. The maximum Gasteiger partial charge on any atom is 0.160 e. The van der Waals surface area contributed by atoms with E-state index in [4.69, 9.17) is 9.97 Å². The van der Waals surface area contributed by atoms with Gasteiger partial charge in [0, 0.05) is 33.9 Å². The van der Waals surface area contributed by atoms with Gasteiger partial charge in [0.1, 0.15) is 0 Å². The van der Waals surface area contributed by atoms with Crippen LogP contribution < -0.4 is 0 Å². The lowest BCUT2D eigenvalue weighted by Crippen LogP contribution is -2.14. The summed E-state index contributed by atoms with van der Waals surface area (Å²) < 4.78 is 0. The molecule has 0 unspecified atom stereocenters. The zero-order chi connectivity index (χ0) is 29.0. The molecule has 0 N–H and O–H groups in total. The van der Waals surface area contributed by atoms with Crippen LogP contribution in [0.25, 0.3) is 67.1 Å². The average molecular weight is 552 g/mol. The molecular formula is C40H29N3. The van der Waals surface area contributed by atoms with E-state index in [2.05, 4.69) is 116 Å². The molecule has 0 amide bonds. The molecule has 0 radical (unpaired) electrons. The van der Waals surface area contributed by atoms with Crippen LogP contribution in [-0.4, -0.2) is 15.0 Å². The summed E-state index contributed by atoms with van der Waals surface area (Å²) in [7, 11) is 0. The van der Waals surface area contributed by atoms with E-state index in [-0.39, 0.29) is 5.41 Å². The van der Waals surface area contributed by atoms with Crippen molar-refractivity contribution in [3.05, 3.63) is 151 Å². The van der Waals surface area contributed by atoms with Crippen molar-refractivity contribution in [3.8, 4) is 56.3 Å². The molecule has 3 nitrogen and oxygen atoms in total. The van der Waals surface area contributed by atoms with Gasteiger partial charge in [-0.15, -0.1) is 0 Å².